The van der Waals surface area contributed by atoms with Crippen LogP contribution in [0.1, 0.15) is 12.8 Å². The van der Waals surface area contributed by atoms with Crippen molar-refractivity contribution >= 4 is 21.7 Å². The summed E-state index contributed by atoms with van der Waals surface area (Å²) in [5.41, 5.74) is 2.79. The van der Waals surface area contributed by atoms with Crippen LogP contribution in [0, 0.1) is 5.92 Å². The van der Waals surface area contributed by atoms with Crippen molar-refractivity contribution in [3.63, 3.8) is 0 Å². The fraction of sp³-hybridized carbons (Fsp3) is 0.250. The van der Waals surface area contributed by atoms with Gasteiger partial charge in [0.15, 0.2) is 0 Å². The summed E-state index contributed by atoms with van der Waals surface area (Å²) in [7, 11) is -0.0159. The number of anilines is 1. The highest BCUT2D eigenvalue weighted by atomic mass is 32.2. The molecule has 3 heteroatoms. The normalized spacial score (nSPS) is 21.8. The zero-order valence-electron chi connectivity index (χ0n) is 13.2. The Morgan fingerprint density at radius 1 is 0.870 bits per heavy atom. The van der Waals surface area contributed by atoms with Gasteiger partial charge in [-0.3, -0.25) is 4.31 Å². The number of benzene rings is 2. The molecule has 2 aliphatic heterocycles. The first-order chi connectivity index (χ1) is 11.4. The van der Waals surface area contributed by atoms with E-state index < -0.39 is 0 Å². The minimum absolute atomic E-state index is 0.0159. The Bertz CT molecular complexity index is 716. The standard InChI is InChI=1S/C20H22N2S/c1-3-7-18(8-4-1)22-20(17-11-14-21-15-12-17)13-16-23(22)19-9-5-2-6-10-19/h1-10,13,16-17,21H,11-12,14-15H2. The number of nitrogens with zero attached hydrogens (tertiary/aromatic N) is 1. The van der Waals surface area contributed by atoms with E-state index in [0.717, 1.165) is 13.1 Å². The molecule has 4 rings (SSSR count). The summed E-state index contributed by atoms with van der Waals surface area (Å²) in [6, 6.07) is 21.7. The molecule has 118 valence electrons. The Hall–Kier alpha value is -1.84. The molecule has 0 saturated carbocycles. The predicted octanol–water partition coefficient (Wildman–Crippen LogP) is 4.44. The molecule has 2 aliphatic rings. The van der Waals surface area contributed by atoms with E-state index in [0.29, 0.717) is 5.92 Å². The van der Waals surface area contributed by atoms with Crippen molar-refractivity contribution in [1.29, 1.82) is 0 Å². The van der Waals surface area contributed by atoms with Crippen LogP contribution in [0.5, 0.6) is 0 Å². The Morgan fingerprint density at radius 3 is 2.22 bits per heavy atom. The number of nitrogens with one attached hydrogen (secondary N) is 1. The lowest BCUT2D eigenvalue weighted by Crippen LogP contribution is -2.32. The Morgan fingerprint density at radius 2 is 1.52 bits per heavy atom. The molecular formula is C20H22N2S. The van der Waals surface area contributed by atoms with Gasteiger partial charge in [-0.1, -0.05) is 47.1 Å². The average Bonchev–Trinajstić information content (AvgIpc) is 3.09. The first kappa shape index (κ1) is 14.7. The highest BCUT2D eigenvalue weighted by Crippen LogP contribution is 2.44. The van der Waals surface area contributed by atoms with Gasteiger partial charge >= 0.3 is 0 Å². The predicted molar refractivity (Wildman–Crippen MR) is 101 cm³/mol. The SMILES string of the molecule is C1=C(C2CCNCC2)N(c2ccccc2)S(c2ccccc2)=C1. The van der Waals surface area contributed by atoms with E-state index in [9.17, 15) is 0 Å². The van der Waals surface area contributed by atoms with Crippen LogP contribution in [-0.2, 0) is 0 Å². The van der Waals surface area contributed by atoms with Crippen molar-refractivity contribution in [2.75, 3.05) is 17.4 Å². The van der Waals surface area contributed by atoms with Crippen molar-refractivity contribution < 1.29 is 0 Å². The van der Waals surface area contributed by atoms with Crippen molar-refractivity contribution in [2.45, 2.75) is 17.7 Å². The molecule has 0 amide bonds. The molecule has 23 heavy (non-hydrogen) atoms. The summed E-state index contributed by atoms with van der Waals surface area (Å²) in [6.07, 6.45) is 4.84. The molecule has 1 saturated heterocycles. The topological polar surface area (TPSA) is 15.3 Å². The van der Waals surface area contributed by atoms with Crippen LogP contribution in [-0.4, -0.2) is 18.5 Å². The minimum atomic E-state index is -0.0159. The minimum Gasteiger partial charge on any atom is -0.317 e. The molecule has 2 heterocycles. The molecule has 1 fully saturated rings. The van der Waals surface area contributed by atoms with E-state index in [4.69, 9.17) is 0 Å². The first-order valence-electron chi connectivity index (χ1n) is 8.33. The summed E-state index contributed by atoms with van der Waals surface area (Å²) < 4.78 is 2.56. The molecule has 2 aromatic carbocycles. The van der Waals surface area contributed by atoms with Gasteiger partial charge in [0, 0.05) is 16.5 Å². The number of hydrogen-bond donors (Lipinski definition) is 1. The number of rotatable bonds is 3. The molecule has 1 unspecified atom stereocenters. The summed E-state index contributed by atoms with van der Waals surface area (Å²) in [6.45, 7) is 2.26. The largest absolute Gasteiger partial charge is 0.317 e. The lowest BCUT2D eigenvalue weighted by atomic mass is 9.94. The van der Waals surface area contributed by atoms with Gasteiger partial charge < -0.3 is 5.32 Å². The van der Waals surface area contributed by atoms with Gasteiger partial charge in [-0.2, -0.15) is 0 Å². The lowest BCUT2D eigenvalue weighted by molar-refractivity contribution is 0.419. The fourth-order valence-corrected chi connectivity index (χ4v) is 5.35. The Labute approximate surface area is 140 Å². The maximum atomic E-state index is 3.48. The number of para-hydroxylation sites is 1. The second-order valence-corrected chi connectivity index (χ2v) is 7.75. The maximum Gasteiger partial charge on any atom is 0.0519 e. The van der Waals surface area contributed by atoms with E-state index >= 15 is 0 Å². The molecule has 2 aromatic rings. The third-order valence-corrected chi connectivity index (χ3v) is 6.50. The maximum absolute atomic E-state index is 3.48. The molecule has 1 atom stereocenters. The van der Waals surface area contributed by atoms with Crippen molar-refractivity contribution in [2.24, 2.45) is 5.92 Å². The summed E-state index contributed by atoms with van der Waals surface area (Å²) >= 11 is 0. The lowest BCUT2D eigenvalue weighted by Gasteiger charge is -2.33. The third kappa shape index (κ3) is 2.99. The highest BCUT2D eigenvalue weighted by Gasteiger charge is 2.28. The smallest absolute Gasteiger partial charge is 0.0519 e. The van der Waals surface area contributed by atoms with Crippen LogP contribution in [0.4, 0.5) is 5.69 Å². The number of allylic oxidation sites excluding steroid dienone is 2. The summed E-state index contributed by atoms with van der Waals surface area (Å²) in [5.74, 6) is 0.661. The molecule has 2 nitrogen and oxygen atoms in total. The second kappa shape index (κ2) is 6.73. The van der Waals surface area contributed by atoms with E-state index in [-0.39, 0.29) is 10.7 Å². The number of piperidine rings is 1. The van der Waals surface area contributed by atoms with Gasteiger partial charge in [-0.25, -0.2) is 0 Å². The summed E-state index contributed by atoms with van der Waals surface area (Å²) in [5, 5.41) is 5.87. The van der Waals surface area contributed by atoms with Gasteiger partial charge in [0.05, 0.1) is 5.69 Å². The van der Waals surface area contributed by atoms with Gasteiger partial charge in [-0.15, -0.1) is 0 Å². The zero-order chi connectivity index (χ0) is 15.5. The van der Waals surface area contributed by atoms with Gasteiger partial charge in [0.1, 0.15) is 0 Å². The molecule has 0 radical (unpaired) electrons. The highest BCUT2D eigenvalue weighted by molar-refractivity contribution is 8.16. The van der Waals surface area contributed by atoms with Crippen molar-refractivity contribution in [3.05, 3.63) is 72.4 Å². The van der Waals surface area contributed by atoms with Crippen molar-refractivity contribution in [3.8, 4) is 0 Å². The number of hydrogen-bond acceptors (Lipinski definition) is 2. The molecule has 0 aliphatic carbocycles. The second-order valence-electron chi connectivity index (χ2n) is 6.01. The molecular weight excluding hydrogens is 300 g/mol. The van der Waals surface area contributed by atoms with E-state index in [1.165, 1.54) is 29.1 Å². The van der Waals surface area contributed by atoms with Crippen LogP contribution in [0.25, 0.3) is 0 Å². The van der Waals surface area contributed by atoms with E-state index in [2.05, 4.69) is 81.7 Å². The zero-order valence-corrected chi connectivity index (χ0v) is 14.0. The van der Waals surface area contributed by atoms with Crippen LogP contribution >= 0.6 is 10.7 Å². The van der Waals surface area contributed by atoms with Gasteiger partial charge in [0.25, 0.3) is 0 Å². The Kier molecular flexibility index (Phi) is 4.31. The van der Waals surface area contributed by atoms with E-state index in [1.807, 2.05) is 0 Å². The van der Waals surface area contributed by atoms with Crippen LogP contribution in [0.2, 0.25) is 0 Å². The van der Waals surface area contributed by atoms with Gasteiger partial charge in [0.2, 0.25) is 0 Å². The monoisotopic (exact) mass is 322 g/mol. The van der Waals surface area contributed by atoms with Crippen LogP contribution in [0.3, 0.4) is 0 Å². The molecule has 0 bridgehead atoms. The third-order valence-electron chi connectivity index (χ3n) is 4.53. The molecule has 0 spiro atoms. The Balaban J connectivity index is 1.71. The average molecular weight is 322 g/mol. The van der Waals surface area contributed by atoms with Crippen molar-refractivity contribution in [1.82, 2.24) is 5.32 Å². The molecule has 0 aromatic heterocycles. The van der Waals surface area contributed by atoms with Gasteiger partial charge in [-0.05, 0) is 61.6 Å². The summed E-state index contributed by atoms with van der Waals surface area (Å²) in [4.78, 5) is 1.39. The quantitative estimate of drug-likeness (QED) is 0.841. The first-order valence-corrected chi connectivity index (χ1v) is 9.57. The van der Waals surface area contributed by atoms with E-state index in [1.54, 1.807) is 0 Å². The molecule has 1 N–H and O–H groups in total. The fourth-order valence-electron chi connectivity index (χ4n) is 3.37. The van der Waals surface area contributed by atoms with Crippen LogP contribution < -0.4 is 9.62 Å². The van der Waals surface area contributed by atoms with Crippen LogP contribution in [0.15, 0.2) is 77.3 Å².